The van der Waals surface area contributed by atoms with Crippen LogP contribution in [0.2, 0.25) is 0 Å². The molecule has 0 atom stereocenters. The smallest absolute Gasteiger partial charge is 0.232 e. The first-order valence-electron chi connectivity index (χ1n) is 14.0. The third-order valence-corrected chi connectivity index (χ3v) is 8.01. The van der Waals surface area contributed by atoms with Crippen LogP contribution in [-0.2, 0) is 7.05 Å². The van der Waals surface area contributed by atoms with Crippen molar-refractivity contribution >= 4 is 10.9 Å². The average molecular weight is 494 g/mol. The summed E-state index contributed by atoms with van der Waals surface area (Å²) in [6, 6.07) is 16.6. The van der Waals surface area contributed by atoms with Crippen LogP contribution in [0.4, 0.5) is 0 Å². The zero-order valence-electron chi connectivity index (χ0n) is 24.8. The molecule has 194 valence electrons. The van der Waals surface area contributed by atoms with Gasteiger partial charge in [0.1, 0.15) is 5.69 Å². The lowest BCUT2D eigenvalue weighted by molar-refractivity contribution is -0.662. The van der Waals surface area contributed by atoms with E-state index in [1.54, 1.807) is 0 Å². The molecular formula is C35H45N2+. The van der Waals surface area contributed by atoms with Gasteiger partial charge in [-0.05, 0) is 105 Å². The molecule has 4 aromatic rings. The van der Waals surface area contributed by atoms with Gasteiger partial charge in [0.05, 0.1) is 12.4 Å². The first-order chi connectivity index (χ1) is 17.4. The minimum atomic E-state index is 0.448. The highest BCUT2D eigenvalue weighted by Crippen LogP contribution is 2.41. The maximum atomic E-state index is 4.81. The van der Waals surface area contributed by atoms with Gasteiger partial charge in [0.25, 0.3) is 6.33 Å². The molecule has 0 spiro atoms. The van der Waals surface area contributed by atoms with Crippen LogP contribution >= 0.6 is 0 Å². The van der Waals surface area contributed by atoms with Crippen molar-refractivity contribution in [2.75, 3.05) is 0 Å². The Kier molecular flexibility index (Phi) is 7.60. The minimum absolute atomic E-state index is 0.448. The van der Waals surface area contributed by atoms with Gasteiger partial charge >= 0.3 is 0 Å². The van der Waals surface area contributed by atoms with Gasteiger partial charge < -0.3 is 0 Å². The Morgan fingerprint density at radius 1 is 0.676 bits per heavy atom. The van der Waals surface area contributed by atoms with Crippen LogP contribution in [0.5, 0.6) is 0 Å². The van der Waals surface area contributed by atoms with Crippen molar-refractivity contribution in [1.29, 1.82) is 0 Å². The van der Waals surface area contributed by atoms with E-state index in [9.17, 15) is 0 Å². The highest BCUT2D eigenvalue weighted by Gasteiger charge is 2.23. The van der Waals surface area contributed by atoms with Crippen molar-refractivity contribution in [1.82, 2.24) is 4.98 Å². The first kappa shape index (κ1) is 27.0. The van der Waals surface area contributed by atoms with Crippen LogP contribution in [-0.4, -0.2) is 4.98 Å². The number of fused-ring (bicyclic) bond motifs is 1. The number of hydrogen-bond donors (Lipinski definition) is 0. The molecule has 0 saturated carbocycles. The molecule has 0 bridgehead atoms. The summed E-state index contributed by atoms with van der Waals surface area (Å²) in [6.07, 6.45) is 1.97. The summed E-state index contributed by atoms with van der Waals surface area (Å²) in [5.41, 5.74) is 14.7. The SMILES string of the molecule is Cc1cc(-c2c(C(C)C)cc(C(C)C)cc2C(C)C)cc(-c2c3ccc(C(C)C)cc3nc[n+]2C)c1C. The monoisotopic (exact) mass is 493 g/mol. The molecule has 0 saturated heterocycles. The van der Waals surface area contributed by atoms with Crippen molar-refractivity contribution < 1.29 is 4.57 Å². The van der Waals surface area contributed by atoms with Crippen molar-refractivity contribution in [3.05, 3.63) is 82.2 Å². The van der Waals surface area contributed by atoms with E-state index in [1.807, 2.05) is 6.33 Å². The van der Waals surface area contributed by atoms with Crippen molar-refractivity contribution in [2.45, 2.75) is 92.9 Å². The van der Waals surface area contributed by atoms with E-state index in [0.717, 1.165) is 5.52 Å². The van der Waals surface area contributed by atoms with Crippen molar-refractivity contribution in [3.63, 3.8) is 0 Å². The number of aryl methyl sites for hydroxylation is 2. The van der Waals surface area contributed by atoms with Gasteiger partial charge in [0.15, 0.2) is 5.52 Å². The van der Waals surface area contributed by atoms with Crippen LogP contribution in [0.15, 0.2) is 48.8 Å². The summed E-state index contributed by atoms with van der Waals surface area (Å²) in [5, 5.41) is 1.21. The third kappa shape index (κ3) is 5.08. The highest BCUT2D eigenvalue weighted by atomic mass is 15.0. The summed E-state index contributed by atoms with van der Waals surface area (Å²) in [4.78, 5) is 4.81. The van der Waals surface area contributed by atoms with E-state index < -0.39 is 0 Å². The molecule has 0 amide bonds. The lowest BCUT2D eigenvalue weighted by Crippen LogP contribution is -2.32. The largest absolute Gasteiger partial charge is 0.287 e. The molecule has 2 nitrogen and oxygen atoms in total. The molecule has 4 rings (SSSR count). The number of aromatic nitrogens is 2. The van der Waals surface area contributed by atoms with Crippen LogP contribution in [0.3, 0.4) is 0 Å². The van der Waals surface area contributed by atoms with E-state index in [0.29, 0.717) is 23.7 Å². The Morgan fingerprint density at radius 3 is 1.81 bits per heavy atom. The summed E-state index contributed by atoms with van der Waals surface area (Å²) >= 11 is 0. The van der Waals surface area contributed by atoms with Gasteiger partial charge in [-0.15, -0.1) is 0 Å². The predicted octanol–water partition coefficient (Wildman–Crippen LogP) is 9.50. The fraction of sp³-hybridized carbons (Fsp3) is 0.429. The minimum Gasteiger partial charge on any atom is -0.232 e. The van der Waals surface area contributed by atoms with Crippen LogP contribution in [0.1, 0.15) is 112 Å². The van der Waals surface area contributed by atoms with E-state index in [1.165, 1.54) is 61.2 Å². The van der Waals surface area contributed by atoms with Gasteiger partial charge in [-0.2, -0.15) is 0 Å². The molecule has 0 aliphatic heterocycles. The second-order valence-electron chi connectivity index (χ2n) is 12.1. The quantitative estimate of drug-likeness (QED) is 0.244. The molecule has 0 unspecified atom stereocenters. The molecule has 0 fully saturated rings. The van der Waals surface area contributed by atoms with Crippen molar-refractivity contribution in [3.8, 4) is 22.4 Å². The fourth-order valence-corrected chi connectivity index (χ4v) is 5.49. The summed E-state index contributed by atoms with van der Waals surface area (Å²) in [6.45, 7) is 22.9. The number of hydrogen-bond acceptors (Lipinski definition) is 1. The number of rotatable bonds is 6. The van der Waals surface area contributed by atoms with Crippen LogP contribution < -0.4 is 4.57 Å². The Balaban J connectivity index is 2.06. The second-order valence-corrected chi connectivity index (χ2v) is 12.1. The molecule has 1 heterocycles. The van der Waals surface area contributed by atoms with Gasteiger partial charge in [-0.25, -0.2) is 4.57 Å². The molecule has 0 radical (unpaired) electrons. The number of benzene rings is 3. The van der Waals surface area contributed by atoms with E-state index in [2.05, 4.69) is 123 Å². The Bertz CT molecular complexity index is 1430. The summed E-state index contributed by atoms with van der Waals surface area (Å²) < 4.78 is 2.19. The van der Waals surface area contributed by atoms with Gasteiger partial charge in [-0.1, -0.05) is 79.7 Å². The molecule has 0 aliphatic carbocycles. The lowest BCUT2D eigenvalue weighted by atomic mass is 9.80. The summed E-state index contributed by atoms with van der Waals surface area (Å²) in [5.74, 6) is 1.89. The average Bonchev–Trinajstić information content (AvgIpc) is 2.84. The van der Waals surface area contributed by atoms with Crippen LogP contribution in [0.25, 0.3) is 33.3 Å². The lowest BCUT2D eigenvalue weighted by Gasteiger charge is -2.24. The Morgan fingerprint density at radius 2 is 1.27 bits per heavy atom. The molecule has 0 aliphatic rings. The molecule has 37 heavy (non-hydrogen) atoms. The Hall–Kier alpha value is -3.00. The normalized spacial score (nSPS) is 12.1. The maximum Gasteiger partial charge on any atom is 0.287 e. The third-order valence-electron chi connectivity index (χ3n) is 8.01. The molecule has 3 aromatic carbocycles. The first-order valence-corrected chi connectivity index (χ1v) is 14.0. The maximum absolute atomic E-state index is 4.81. The molecule has 0 N–H and O–H groups in total. The van der Waals surface area contributed by atoms with Gasteiger partial charge in [-0.3, -0.25) is 0 Å². The predicted molar refractivity (Wildman–Crippen MR) is 160 cm³/mol. The zero-order valence-corrected chi connectivity index (χ0v) is 24.8. The standard InChI is InChI=1S/C35H45N2/c1-20(2)26-12-13-29-33(18-26)36-19-37(11)35(29)32-17-28(14-24(9)25(32)10)34-30(22(5)6)15-27(21(3)4)16-31(34)23(7)8/h12-23H,1-11H3/q+1. The molecule has 1 aromatic heterocycles. The fourth-order valence-electron chi connectivity index (χ4n) is 5.49. The molecule has 2 heteroatoms. The highest BCUT2D eigenvalue weighted by molar-refractivity contribution is 5.93. The van der Waals surface area contributed by atoms with E-state index >= 15 is 0 Å². The number of nitrogens with zero attached hydrogens (tertiary/aromatic N) is 2. The van der Waals surface area contributed by atoms with Crippen molar-refractivity contribution in [2.24, 2.45) is 7.05 Å². The van der Waals surface area contributed by atoms with E-state index in [-0.39, 0.29) is 0 Å². The van der Waals surface area contributed by atoms with Crippen LogP contribution in [0, 0.1) is 13.8 Å². The second kappa shape index (κ2) is 10.4. The Labute approximate surface area is 224 Å². The zero-order chi connectivity index (χ0) is 27.2. The topological polar surface area (TPSA) is 16.8 Å². The van der Waals surface area contributed by atoms with E-state index in [4.69, 9.17) is 4.98 Å². The molecular weight excluding hydrogens is 448 g/mol. The summed E-state index contributed by atoms with van der Waals surface area (Å²) in [7, 11) is 2.12. The van der Waals surface area contributed by atoms with Gasteiger partial charge in [0.2, 0.25) is 0 Å². The van der Waals surface area contributed by atoms with Gasteiger partial charge in [0, 0.05) is 5.56 Å².